The lowest BCUT2D eigenvalue weighted by Gasteiger charge is -2.30. The van der Waals surface area contributed by atoms with E-state index in [2.05, 4.69) is 32.8 Å². The summed E-state index contributed by atoms with van der Waals surface area (Å²) in [6.45, 7) is 2.04. The monoisotopic (exact) mass is 441 g/mol. The molecule has 1 N–H and O–H groups in total. The Morgan fingerprint density at radius 1 is 1.12 bits per heavy atom. The molecule has 1 unspecified atom stereocenters. The topological polar surface area (TPSA) is 35.1 Å². The number of thioether (sulfide) groups is 2. The maximum absolute atomic E-state index is 12.9. The molecule has 2 nitrogen and oxygen atoms in total. The van der Waals surface area contributed by atoms with E-state index in [1.165, 1.54) is 17.5 Å². The number of aryl methyl sites for hydroxylation is 1. The number of hydrogen-bond donors (Lipinski definition) is 1. The lowest BCUT2D eigenvalue weighted by molar-refractivity contribution is 0.563. The summed E-state index contributed by atoms with van der Waals surface area (Å²) in [4.78, 5) is 0.823. The molecule has 1 fully saturated rings. The van der Waals surface area contributed by atoms with Gasteiger partial charge in [-0.1, -0.05) is 51.8 Å². The summed E-state index contributed by atoms with van der Waals surface area (Å²) in [5.41, 5.74) is 2.35. The van der Waals surface area contributed by atoms with Crippen molar-refractivity contribution in [1.82, 2.24) is 4.72 Å². The molecule has 0 bridgehead atoms. The van der Waals surface area contributed by atoms with Gasteiger partial charge in [0.1, 0.15) is 0 Å². The van der Waals surface area contributed by atoms with Crippen LogP contribution in [-0.4, -0.2) is 20.6 Å². The van der Waals surface area contributed by atoms with Crippen LogP contribution in [0.25, 0.3) is 0 Å². The van der Waals surface area contributed by atoms with Crippen molar-refractivity contribution in [2.75, 3.05) is 11.5 Å². The van der Waals surface area contributed by atoms with Gasteiger partial charge in [0.2, 0.25) is 0 Å². The van der Waals surface area contributed by atoms with Crippen molar-refractivity contribution in [2.24, 2.45) is 0 Å². The Morgan fingerprint density at radius 2 is 1.79 bits per heavy atom. The van der Waals surface area contributed by atoms with E-state index in [4.69, 9.17) is 0 Å². The van der Waals surface area contributed by atoms with Crippen molar-refractivity contribution in [2.45, 2.75) is 28.9 Å². The molecule has 128 valence electrons. The third-order valence-electron chi connectivity index (χ3n) is 3.83. The number of hydrogen-bond acceptors (Lipinski definition) is 4. The second kappa shape index (κ2) is 9.01. The molecule has 1 aliphatic rings. The highest BCUT2D eigenvalue weighted by atomic mass is 79.9. The molecule has 1 aliphatic heterocycles. The predicted octanol–water partition coefficient (Wildman–Crippen LogP) is 5.31. The normalized spacial score (nSPS) is 18.3. The Kier molecular flexibility index (Phi) is 7.01. The Balaban J connectivity index is 1.84. The number of benzene rings is 2. The van der Waals surface area contributed by atoms with E-state index in [1.807, 2.05) is 66.8 Å². The molecule has 0 saturated carbocycles. The molecule has 2 atom stereocenters. The fraction of sp³-hybridized carbons (Fsp3) is 0.333. The zero-order chi connectivity index (χ0) is 16.9. The van der Waals surface area contributed by atoms with Crippen molar-refractivity contribution in [3.63, 3.8) is 0 Å². The number of rotatable bonds is 5. The number of halogens is 1. The molecule has 0 aromatic heterocycles. The van der Waals surface area contributed by atoms with Crippen LogP contribution in [0, 0.1) is 6.92 Å². The van der Waals surface area contributed by atoms with Gasteiger partial charge in [-0.3, -0.25) is 0 Å². The maximum atomic E-state index is 12.9. The summed E-state index contributed by atoms with van der Waals surface area (Å²) in [6.07, 6.45) is 1.25. The molecule has 0 spiro atoms. The van der Waals surface area contributed by atoms with Crippen molar-refractivity contribution in [3.8, 4) is 0 Å². The van der Waals surface area contributed by atoms with Crippen LogP contribution >= 0.6 is 39.5 Å². The first-order chi connectivity index (χ1) is 11.6. The van der Waals surface area contributed by atoms with Gasteiger partial charge in [-0.15, -0.1) is 28.2 Å². The van der Waals surface area contributed by atoms with Crippen LogP contribution in [0.15, 0.2) is 57.9 Å². The van der Waals surface area contributed by atoms with Gasteiger partial charge in [-0.2, -0.15) is 0 Å². The van der Waals surface area contributed by atoms with Crippen LogP contribution in [0.3, 0.4) is 0 Å². The molecule has 6 heteroatoms. The van der Waals surface area contributed by atoms with Crippen LogP contribution < -0.4 is 4.72 Å². The lowest BCUT2D eigenvalue weighted by atomic mass is 10.1. The molecule has 1 heterocycles. The molecule has 2 aromatic rings. The lowest BCUT2D eigenvalue weighted by Crippen LogP contribution is -2.35. The van der Waals surface area contributed by atoms with E-state index < -0.39 is 11.4 Å². The fourth-order valence-electron chi connectivity index (χ4n) is 2.54. The largest absolute Gasteiger partial charge is 0.593 e. The molecule has 0 amide bonds. The average molecular weight is 442 g/mol. The van der Waals surface area contributed by atoms with Gasteiger partial charge in [0.05, 0.1) is 22.0 Å². The van der Waals surface area contributed by atoms with Gasteiger partial charge in [-0.25, -0.2) is 0 Å². The molecule has 1 saturated heterocycles. The quantitative estimate of drug-likeness (QED) is 0.637. The van der Waals surface area contributed by atoms with Crippen LogP contribution in [0.4, 0.5) is 0 Å². The Morgan fingerprint density at radius 3 is 2.46 bits per heavy atom. The van der Waals surface area contributed by atoms with Crippen LogP contribution in [0.5, 0.6) is 0 Å². The first kappa shape index (κ1) is 18.7. The summed E-state index contributed by atoms with van der Waals surface area (Å²) in [7, 11) is 0. The summed E-state index contributed by atoms with van der Waals surface area (Å²) in [5.74, 6) is 2.33. The number of nitrogens with one attached hydrogen (secondary N) is 1. The molecule has 24 heavy (non-hydrogen) atoms. The van der Waals surface area contributed by atoms with Crippen molar-refractivity contribution in [3.05, 3.63) is 64.1 Å². The zero-order valence-corrected chi connectivity index (χ0v) is 17.4. The van der Waals surface area contributed by atoms with Gasteiger partial charge in [0, 0.05) is 4.47 Å². The van der Waals surface area contributed by atoms with Crippen LogP contribution in [0.1, 0.15) is 23.6 Å². The smallest absolute Gasteiger partial charge is 0.173 e. The molecular weight excluding hydrogens is 422 g/mol. The zero-order valence-electron chi connectivity index (χ0n) is 13.4. The van der Waals surface area contributed by atoms with Gasteiger partial charge in [0.25, 0.3) is 0 Å². The average Bonchev–Trinajstić information content (AvgIpc) is 2.61. The molecule has 0 aliphatic carbocycles. The van der Waals surface area contributed by atoms with Gasteiger partial charge in [0.15, 0.2) is 4.90 Å². The van der Waals surface area contributed by atoms with E-state index in [1.54, 1.807) is 0 Å². The summed E-state index contributed by atoms with van der Waals surface area (Å²) >= 11 is 6.35. The Hall–Kier alpha value is -0.110. The Labute approximate surface area is 164 Å². The second-order valence-corrected chi connectivity index (χ2v) is 10.6. The summed E-state index contributed by atoms with van der Waals surface area (Å²) < 4.78 is 17.7. The maximum Gasteiger partial charge on any atom is 0.173 e. The minimum atomic E-state index is -1.23. The minimum absolute atomic E-state index is 0.0398. The van der Waals surface area contributed by atoms with E-state index in [0.717, 1.165) is 20.9 Å². The van der Waals surface area contributed by atoms with E-state index in [0.29, 0.717) is 4.58 Å². The van der Waals surface area contributed by atoms with Crippen LogP contribution in [-0.2, 0) is 11.4 Å². The van der Waals surface area contributed by atoms with E-state index in [-0.39, 0.29) is 6.04 Å². The summed E-state index contributed by atoms with van der Waals surface area (Å²) in [6, 6.07) is 16.2. The van der Waals surface area contributed by atoms with Crippen LogP contribution in [0.2, 0.25) is 0 Å². The first-order valence-electron chi connectivity index (χ1n) is 7.87. The Bertz CT molecular complexity index is 662. The molecule has 3 rings (SSSR count). The highest BCUT2D eigenvalue weighted by molar-refractivity contribution is 9.10. The van der Waals surface area contributed by atoms with Crippen molar-refractivity contribution < 1.29 is 4.55 Å². The standard InChI is InChI=1S/C18H20BrNOS3/c1-13-7-9-14(10-8-13)24(21)20-17(18-22-11-4-12-23-18)15-5-2-3-6-16(15)19/h2-3,5-10,17-18,20H,4,11-12H2,1H3/t17-,24?/m1/s1. The van der Waals surface area contributed by atoms with Gasteiger partial charge in [-0.05, 0) is 48.6 Å². The molecule has 2 aromatic carbocycles. The molecular formula is C18H20BrNOS3. The highest BCUT2D eigenvalue weighted by Crippen LogP contribution is 2.41. The first-order valence-corrected chi connectivity index (χ1v) is 11.9. The second-order valence-electron chi connectivity index (χ2n) is 5.66. The predicted molar refractivity (Wildman–Crippen MR) is 111 cm³/mol. The summed E-state index contributed by atoms with van der Waals surface area (Å²) in [5, 5.41) is 0. The van der Waals surface area contributed by atoms with Gasteiger partial charge >= 0.3 is 0 Å². The van der Waals surface area contributed by atoms with Crippen molar-refractivity contribution in [1.29, 1.82) is 0 Å². The minimum Gasteiger partial charge on any atom is -0.593 e. The highest BCUT2D eigenvalue weighted by Gasteiger charge is 2.31. The third-order valence-corrected chi connectivity index (χ3v) is 8.79. The van der Waals surface area contributed by atoms with E-state index in [9.17, 15) is 4.55 Å². The SMILES string of the molecule is Cc1ccc([S+]([O-])N[C@H](c2ccccc2Br)C2SCCCS2)cc1. The molecule has 0 radical (unpaired) electrons. The van der Waals surface area contributed by atoms with Crippen molar-refractivity contribution >= 4 is 50.8 Å². The van der Waals surface area contributed by atoms with Gasteiger partial charge < -0.3 is 4.55 Å². The third kappa shape index (κ3) is 4.74. The van der Waals surface area contributed by atoms with E-state index >= 15 is 0 Å². The fourth-order valence-corrected chi connectivity index (χ4v) is 7.30.